The zero-order chi connectivity index (χ0) is 7.61. The Labute approximate surface area is 60.9 Å². The Morgan fingerprint density at radius 2 is 2.40 bits per heavy atom. The number of nitrogens with zero attached hydrogens (tertiary/aromatic N) is 2. The van der Waals surface area contributed by atoms with Gasteiger partial charge in [-0.25, -0.2) is 0 Å². The molecule has 2 N–H and O–H groups in total. The summed E-state index contributed by atoms with van der Waals surface area (Å²) in [6, 6.07) is 0. The molecule has 0 unspecified atom stereocenters. The summed E-state index contributed by atoms with van der Waals surface area (Å²) in [7, 11) is -3.94. The van der Waals surface area contributed by atoms with Crippen LogP contribution in [0.3, 0.4) is 0 Å². The molecule has 6 nitrogen and oxygen atoms in total. The summed E-state index contributed by atoms with van der Waals surface area (Å²) < 4.78 is 24.5. The second kappa shape index (κ2) is 2.48. The lowest BCUT2D eigenvalue weighted by Gasteiger charge is -1.92. The van der Waals surface area contributed by atoms with Crippen LogP contribution in [-0.4, -0.2) is 18.6 Å². The molecule has 0 aliphatic heterocycles. The third-order valence-corrected chi connectivity index (χ3v) is 1.59. The first-order valence-electron chi connectivity index (χ1n) is 2.06. The van der Waals surface area contributed by atoms with Gasteiger partial charge in [0.05, 0.1) is 0 Å². The molecule has 1 heterocycles. The fourth-order valence-corrected chi connectivity index (χ4v) is 1.25. The number of nitrogens with two attached hydrogens (primary N) is 1. The molecule has 0 aliphatic carbocycles. The van der Waals surface area contributed by atoms with Gasteiger partial charge in [0.25, 0.3) is 0 Å². The summed E-state index contributed by atoms with van der Waals surface area (Å²) in [6.07, 6.45) is 0. The summed E-state index contributed by atoms with van der Waals surface area (Å²) in [5.74, 6) is 0. The third-order valence-electron chi connectivity index (χ3n) is 0.527. The molecular formula is C2H3N3O3S2. The largest absolute Gasteiger partial charge is 0.382 e. The van der Waals surface area contributed by atoms with Gasteiger partial charge in [0.2, 0.25) is 0 Å². The van der Waals surface area contributed by atoms with Crippen LogP contribution in [0, 0.1) is 0 Å². The van der Waals surface area contributed by atoms with Crippen molar-refractivity contribution in [2.75, 3.05) is 0 Å². The highest BCUT2D eigenvalue weighted by Gasteiger charge is 2.06. The lowest BCUT2D eigenvalue weighted by Crippen LogP contribution is -2.18. The van der Waals surface area contributed by atoms with Crippen LogP contribution in [0.5, 0.6) is 5.19 Å². The van der Waals surface area contributed by atoms with Gasteiger partial charge in [-0.05, 0) is 0 Å². The first-order valence-corrected chi connectivity index (χ1v) is 4.41. The van der Waals surface area contributed by atoms with E-state index in [0.717, 1.165) is 11.3 Å². The number of hydrogen-bond donors (Lipinski definition) is 1. The summed E-state index contributed by atoms with van der Waals surface area (Å²) in [6.45, 7) is 0. The van der Waals surface area contributed by atoms with E-state index in [4.69, 9.17) is 0 Å². The first-order chi connectivity index (χ1) is 4.58. The van der Waals surface area contributed by atoms with Crippen LogP contribution in [0.25, 0.3) is 0 Å². The third kappa shape index (κ3) is 2.25. The van der Waals surface area contributed by atoms with Crippen LogP contribution in [0.15, 0.2) is 5.51 Å². The van der Waals surface area contributed by atoms with E-state index in [0.29, 0.717) is 0 Å². The van der Waals surface area contributed by atoms with E-state index in [2.05, 4.69) is 19.5 Å². The zero-order valence-corrected chi connectivity index (χ0v) is 6.22. The summed E-state index contributed by atoms with van der Waals surface area (Å²) in [5, 5.41) is 11.1. The standard InChI is InChI=1S/C2H3N3O3S2/c3-10(6,7)8-2-5-4-1-9-2/h1H,(H2,3,6,7). The lowest BCUT2D eigenvalue weighted by atomic mass is 11.5. The molecule has 0 aromatic carbocycles. The summed E-state index contributed by atoms with van der Waals surface area (Å²) in [5.41, 5.74) is 1.33. The minimum absolute atomic E-state index is 0.0810. The fraction of sp³-hybridized carbons (Fsp3) is 0. The van der Waals surface area contributed by atoms with Gasteiger partial charge in [-0.2, -0.15) is 13.6 Å². The SMILES string of the molecule is NS(=O)(=O)Oc1nncs1. The monoisotopic (exact) mass is 181 g/mol. The highest BCUT2D eigenvalue weighted by molar-refractivity contribution is 7.84. The molecule has 56 valence electrons. The number of hydrogen-bond acceptors (Lipinski definition) is 6. The Balaban J connectivity index is 2.75. The van der Waals surface area contributed by atoms with E-state index in [1.165, 1.54) is 5.51 Å². The number of aromatic nitrogens is 2. The van der Waals surface area contributed by atoms with Crippen molar-refractivity contribution in [1.29, 1.82) is 0 Å². The first kappa shape index (κ1) is 7.38. The quantitative estimate of drug-likeness (QED) is 0.639. The topological polar surface area (TPSA) is 95.2 Å². The second-order valence-corrected chi connectivity index (χ2v) is 3.23. The van der Waals surface area contributed by atoms with Gasteiger partial charge in [0.15, 0.2) is 0 Å². The smallest absolute Gasteiger partial charge is 0.338 e. The van der Waals surface area contributed by atoms with Crippen LogP contribution in [0.4, 0.5) is 0 Å². The highest BCUT2D eigenvalue weighted by Crippen LogP contribution is 2.11. The average Bonchev–Trinajstić information content (AvgIpc) is 2.12. The second-order valence-electron chi connectivity index (χ2n) is 1.28. The Morgan fingerprint density at radius 1 is 1.70 bits per heavy atom. The van der Waals surface area contributed by atoms with E-state index in [1.807, 2.05) is 0 Å². The Bertz CT molecular complexity index is 290. The molecule has 0 saturated carbocycles. The molecule has 1 aromatic rings. The van der Waals surface area contributed by atoms with E-state index >= 15 is 0 Å². The van der Waals surface area contributed by atoms with Gasteiger partial charge in [-0.3, -0.25) is 0 Å². The normalized spacial score (nSPS) is 11.3. The molecule has 8 heteroatoms. The Hall–Kier alpha value is -0.730. The minimum Gasteiger partial charge on any atom is -0.338 e. The van der Waals surface area contributed by atoms with Gasteiger partial charge in [-0.1, -0.05) is 16.4 Å². The van der Waals surface area contributed by atoms with Crippen molar-refractivity contribution in [1.82, 2.24) is 10.2 Å². The minimum atomic E-state index is -3.94. The summed E-state index contributed by atoms with van der Waals surface area (Å²) >= 11 is 0.946. The molecule has 0 fully saturated rings. The van der Waals surface area contributed by atoms with Crippen LogP contribution in [0.1, 0.15) is 0 Å². The van der Waals surface area contributed by atoms with Gasteiger partial charge in [0.1, 0.15) is 5.51 Å². The maximum absolute atomic E-state index is 10.2. The van der Waals surface area contributed by atoms with E-state index in [-0.39, 0.29) is 5.19 Å². The molecule has 0 atom stereocenters. The molecule has 0 spiro atoms. The van der Waals surface area contributed by atoms with Crippen molar-refractivity contribution < 1.29 is 12.6 Å². The van der Waals surface area contributed by atoms with E-state index in [9.17, 15) is 8.42 Å². The molecule has 0 aliphatic rings. The summed E-state index contributed by atoms with van der Waals surface area (Å²) in [4.78, 5) is 0. The van der Waals surface area contributed by atoms with Crippen LogP contribution in [-0.2, 0) is 10.3 Å². The van der Waals surface area contributed by atoms with Gasteiger partial charge < -0.3 is 4.18 Å². The van der Waals surface area contributed by atoms with Crippen LogP contribution >= 0.6 is 11.3 Å². The molecular weight excluding hydrogens is 178 g/mol. The zero-order valence-electron chi connectivity index (χ0n) is 4.59. The van der Waals surface area contributed by atoms with Crippen LogP contribution < -0.4 is 9.32 Å². The molecule has 0 radical (unpaired) electrons. The Kier molecular flexibility index (Phi) is 1.83. The van der Waals surface area contributed by atoms with Crippen molar-refractivity contribution >= 4 is 21.6 Å². The highest BCUT2D eigenvalue weighted by atomic mass is 32.2. The van der Waals surface area contributed by atoms with E-state index in [1.54, 1.807) is 0 Å². The van der Waals surface area contributed by atoms with Gasteiger partial charge in [-0.15, -0.1) is 5.10 Å². The fourth-order valence-electron chi connectivity index (χ4n) is 0.299. The van der Waals surface area contributed by atoms with Crippen molar-refractivity contribution in [2.45, 2.75) is 0 Å². The Morgan fingerprint density at radius 3 is 2.80 bits per heavy atom. The van der Waals surface area contributed by atoms with E-state index < -0.39 is 10.3 Å². The molecule has 1 aromatic heterocycles. The molecule has 1 rings (SSSR count). The molecule has 0 saturated heterocycles. The predicted molar refractivity (Wildman–Crippen MR) is 33.6 cm³/mol. The van der Waals surface area contributed by atoms with Crippen molar-refractivity contribution in [3.63, 3.8) is 0 Å². The molecule has 0 bridgehead atoms. The van der Waals surface area contributed by atoms with Crippen LogP contribution in [0.2, 0.25) is 0 Å². The van der Waals surface area contributed by atoms with Crippen molar-refractivity contribution in [3.8, 4) is 5.19 Å². The van der Waals surface area contributed by atoms with Gasteiger partial charge >= 0.3 is 15.5 Å². The maximum Gasteiger partial charge on any atom is 0.382 e. The number of rotatable bonds is 2. The lowest BCUT2D eigenvalue weighted by molar-refractivity contribution is 0.483. The molecule has 0 amide bonds. The average molecular weight is 181 g/mol. The predicted octanol–water partition coefficient (Wildman–Crippen LogP) is -0.880. The maximum atomic E-state index is 10.2. The van der Waals surface area contributed by atoms with Gasteiger partial charge in [0, 0.05) is 0 Å². The molecule has 10 heavy (non-hydrogen) atoms. The van der Waals surface area contributed by atoms with Crippen molar-refractivity contribution in [3.05, 3.63) is 5.51 Å². The van der Waals surface area contributed by atoms with Crippen molar-refractivity contribution in [2.24, 2.45) is 5.14 Å².